The molecule has 3 amide bonds. The van der Waals surface area contributed by atoms with Crippen molar-refractivity contribution >= 4 is 23.3 Å². The molecule has 3 heterocycles. The van der Waals surface area contributed by atoms with E-state index in [1.165, 1.54) is 5.69 Å². The van der Waals surface area contributed by atoms with E-state index in [9.17, 15) is 9.59 Å². The maximum absolute atomic E-state index is 13.0. The van der Waals surface area contributed by atoms with E-state index in [2.05, 4.69) is 22.3 Å². The second-order valence-electron chi connectivity index (χ2n) is 8.60. The Balaban J connectivity index is 1.22. The zero-order valence-corrected chi connectivity index (χ0v) is 17.4. The van der Waals surface area contributed by atoms with Gasteiger partial charge in [0, 0.05) is 61.6 Å². The van der Waals surface area contributed by atoms with Gasteiger partial charge in [0.05, 0.1) is 7.11 Å². The van der Waals surface area contributed by atoms with Crippen LogP contribution >= 0.6 is 0 Å². The first-order valence-corrected chi connectivity index (χ1v) is 10.3. The molecular formula is C23H26N4O3. The highest BCUT2D eigenvalue weighted by molar-refractivity contribution is 5.99. The summed E-state index contributed by atoms with van der Waals surface area (Å²) in [5.41, 5.74) is 3.87. The average molecular weight is 406 g/mol. The number of carbonyl (C=O) groups is 2. The van der Waals surface area contributed by atoms with Crippen molar-refractivity contribution < 1.29 is 14.3 Å². The zero-order valence-electron chi connectivity index (χ0n) is 17.4. The molecule has 7 nitrogen and oxygen atoms in total. The summed E-state index contributed by atoms with van der Waals surface area (Å²) in [4.78, 5) is 31.0. The smallest absolute Gasteiger partial charge is 0.322 e. The highest BCUT2D eigenvalue weighted by Gasteiger charge is 2.53. The van der Waals surface area contributed by atoms with Crippen molar-refractivity contribution in [2.75, 3.05) is 56.2 Å². The highest BCUT2D eigenvalue weighted by Crippen LogP contribution is 2.42. The number of carbonyl (C=O) groups excluding carboxylic acids is 2. The Labute approximate surface area is 176 Å². The first kappa shape index (κ1) is 18.8. The van der Waals surface area contributed by atoms with Gasteiger partial charge in [-0.3, -0.25) is 9.69 Å². The van der Waals surface area contributed by atoms with E-state index in [-0.39, 0.29) is 17.4 Å². The van der Waals surface area contributed by atoms with Crippen molar-refractivity contribution in [1.29, 1.82) is 0 Å². The van der Waals surface area contributed by atoms with Crippen LogP contribution in [0.15, 0.2) is 42.5 Å². The third kappa shape index (κ3) is 3.05. The zero-order chi connectivity index (χ0) is 20.9. The number of aryl methyl sites for hydroxylation is 1. The number of hydrogen-bond donors (Lipinski definition) is 1. The number of rotatable bonds is 4. The largest absolute Gasteiger partial charge is 0.497 e. The summed E-state index contributed by atoms with van der Waals surface area (Å²) >= 11 is 0. The average Bonchev–Trinajstić information content (AvgIpc) is 3.12. The van der Waals surface area contributed by atoms with Gasteiger partial charge in [-0.2, -0.15) is 0 Å². The minimum atomic E-state index is -0.0984. The Morgan fingerprint density at radius 1 is 1.07 bits per heavy atom. The molecule has 2 aromatic carbocycles. The van der Waals surface area contributed by atoms with Gasteiger partial charge in [-0.1, -0.05) is 6.07 Å². The molecule has 0 aromatic heterocycles. The fourth-order valence-corrected chi connectivity index (χ4v) is 4.76. The topological polar surface area (TPSA) is 65.1 Å². The number of nitrogens with zero attached hydrogens (tertiary/aromatic N) is 3. The van der Waals surface area contributed by atoms with Crippen LogP contribution in [0.1, 0.15) is 15.9 Å². The van der Waals surface area contributed by atoms with Crippen molar-refractivity contribution in [3.8, 4) is 5.75 Å². The monoisotopic (exact) mass is 406 g/mol. The summed E-state index contributed by atoms with van der Waals surface area (Å²) in [6.45, 7) is 6.74. The van der Waals surface area contributed by atoms with E-state index in [0.29, 0.717) is 18.7 Å². The number of anilines is 2. The molecule has 30 heavy (non-hydrogen) atoms. The summed E-state index contributed by atoms with van der Waals surface area (Å²) in [7, 11) is 1.67. The van der Waals surface area contributed by atoms with E-state index in [4.69, 9.17) is 4.74 Å². The number of ether oxygens (including phenoxy) is 1. The molecule has 0 saturated carbocycles. The van der Waals surface area contributed by atoms with Crippen LogP contribution in [0.25, 0.3) is 0 Å². The van der Waals surface area contributed by atoms with Gasteiger partial charge in [0.25, 0.3) is 5.91 Å². The molecule has 3 aliphatic rings. The van der Waals surface area contributed by atoms with E-state index in [0.717, 1.165) is 43.2 Å². The first-order valence-electron chi connectivity index (χ1n) is 10.3. The quantitative estimate of drug-likeness (QED) is 0.847. The SMILES string of the molecule is COc1ccc(N2CC3(CN(C(=O)c4ccc(C)c(N5CCNC5=O)c4)C3)C2)cc1. The summed E-state index contributed by atoms with van der Waals surface area (Å²) in [6.07, 6.45) is 0. The highest BCUT2D eigenvalue weighted by atomic mass is 16.5. The summed E-state index contributed by atoms with van der Waals surface area (Å²) < 4.78 is 5.22. The van der Waals surface area contributed by atoms with Crippen LogP contribution in [0.5, 0.6) is 5.75 Å². The number of nitrogens with one attached hydrogen (secondary N) is 1. The number of urea groups is 1. The van der Waals surface area contributed by atoms with E-state index in [1.807, 2.05) is 42.2 Å². The maximum Gasteiger partial charge on any atom is 0.322 e. The van der Waals surface area contributed by atoms with Gasteiger partial charge in [-0.15, -0.1) is 0 Å². The lowest BCUT2D eigenvalue weighted by atomic mass is 9.72. The number of methoxy groups -OCH3 is 1. The van der Waals surface area contributed by atoms with E-state index >= 15 is 0 Å². The third-order valence-corrected chi connectivity index (χ3v) is 6.43. The van der Waals surface area contributed by atoms with Gasteiger partial charge in [-0.05, 0) is 48.9 Å². The minimum Gasteiger partial charge on any atom is -0.497 e. The van der Waals surface area contributed by atoms with E-state index in [1.54, 1.807) is 12.0 Å². The molecule has 0 bridgehead atoms. The van der Waals surface area contributed by atoms with Crippen LogP contribution in [0, 0.1) is 12.3 Å². The molecule has 3 saturated heterocycles. The van der Waals surface area contributed by atoms with Gasteiger partial charge >= 0.3 is 6.03 Å². The Morgan fingerprint density at radius 3 is 2.43 bits per heavy atom. The Hall–Kier alpha value is -3.22. The molecule has 0 unspecified atom stereocenters. The molecule has 5 rings (SSSR count). The predicted molar refractivity (Wildman–Crippen MR) is 115 cm³/mol. The molecule has 0 radical (unpaired) electrons. The second-order valence-corrected chi connectivity index (χ2v) is 8.60. The fourth-order valence-electron chi connectivity index (χ4n) is 4.76. The van der Waals surface area contributed by atoms with Crippen molar-refractivity contribution in [2.45, 2.75) is 6.92 Å². The standard InChI is InChI=1S/C23H26N4O3/c1-16-3-4-17(11-20(16)27-10-9-24-22(27)29)21(28)26-14-23(15-26)12-25(13-23)18-5-7-19(30-2)8-6-18/h3-8,11H,9-10,12-15H2,1-2H3,(H,24,29). The second kappa shape index (κ2) is 6.93. The lowest BCUT2D eigenvalue weighted by Gasteiger charge is -2.61. The van der Waals surface area contributed by atoms with Crippen LogP contribution in [0.3, 0.4) is 0 Å². The molecule has 3 fully saturated rings. The van der Waals surface area contributed by atoms with Gasteiger partial charge in [0.15, 0.2) is 0 Å². The fraction of sp³-hybridized carbons (Fsp3) is 0.391. The van der Waals surface area contributed by atoms with Gasteiger partial charge in [0.2, 0.25) is 0 Å². The number of hydrogen-bond acceptors (Lipinski definition) is 4. The van der Waals surface area contributed by atoms with Crippen LogP contribution in [-0.2, 0) is 0 Å². The molecule has 1 spiro atoms. The molecule has 0 atom stereocenters. The maximum atomic E-state index is 13.0. The Bertz CT molecular complexity index is 990. The minimum absolute atomic E-state index is 0.0457. The Morgan fingerprint density at radius 2 is 1.80 bits per heavy atom. The summed E-state index contributed by atoms with van der Waals surface area (Å²) in [6, 6.07) is 13.7. The van der Waals surface area contributed by atoms with Crippen molar-refractivity contribution in [2.24, 2.45) is 5.41 Å². The molecular weight excluding hydrogens is 380 g/mol. The Kier molecular flexibility index (Phi) is 4.34. The van der Waals surface area contributed by atoms with Crippen molar-refractivity contribution in [3.63, 3.8) is 0 Å². The number of benzene rings is 2. The molecule has 3 aliphatic heterocycles. The van der Waals surface area contributed by atoms with Gasteiger partial charge in [0.1, 0.15) is 5.75 Å². The lowest BCUT2D eigenvalue weighted by Crippen LogP contribution is -2.73. The molecule has 7 heteroatoms. The molecule has 2 aromatic rings. The first-order chi connectivity index (χ1) is 14.5. The van der Waals surface area contributed by atoms with Crippen molar-refractivity contribution in [1.82, 2.24) is 10.2 Å². The molecule has 0 aliphatic carbocycles. The number of likely N-dealkylation sites (tertiary alicyclic amines) is 1. The van der Waals surface area contributed by atoms with Crippen molar-refractivity contribution in [3.05, 3.63) is 53.6 Å². The normalized spacial score (nSPS) is 19.4. The van der Waals surface area contributed by atoms with Crippen LogP contribution in [0.4, 0.5) is 16.2 Å². The van der Waals surface area contributed by atoms with Crippen LogP contribution in [-0.4, -0.2) is 63.2 Å². The predicted octanol–water partition coefficient (Wildman–Crippen LogP) is 2.50. The van der Waals surface area contributed by atoms with Gasteiger partial charge < -0.3 is 19.9 Å². The van der Waals surface area contributed by atoms with Crippen LogP contribution in [0.2, 0.25) is 0 Å². The molecule has 1 N–H and O–H groups in total. The van der Waals surface area contributed by atoms with Crippen LogP contribution < -0.4 is 19.9 Å². The summed E-state index contributed by atoms with van der Waals surface area (Å²) in [5.74, 6) is 0.905. The molecule has 156 valence electrons. The van der Waals surface area contributed by atoms with E-state index < -0.39 is 0 Å². The third-order valence-electron chi connectivity index (χ3n) is 6.43. The lowest BCUT2D eigenvalue weighted by molar-refractivity contribution is -0.0104. The van der Waals surface area contributed by atoms with Gasteiger partial charge in [-0.25, -0.2) is 4.79 Å². The number of amides is 3. The summed E-state index contributed by atoms with van der Waals surface area (Å²) in [5, 5.41) is 2.82.